The zero-order valence-electron chi connectivity index (χ0n) is 8.89. The molecule has 0 amide bonds. The number of halogens is 1. The molecule has 0 saturated carbocycles. The molecule has 0 bridgehead atoms. The average Bonchev–Trinajstić information content (AvgIpc) is 2.22. The Kier molecular flexibility index (Phi) is 5.20. The fourth-order valence-corrected chi connectivity index (χ4v) is 2.07. The maximum absolute atomic E-state index is 3.57. The lowest BCUT2D eigenvalue weighted by atomic mass is 10.0. The van der Waals surface area contributed by atoms with E-state index in [4.69, 9.17) is 0 Å². The van der Waals surface area contributed by atoms with Crippen LogP contribution in [0.1, 0.15) is 25.3 Å². The van der Waals surface area contributed by atoms with Crippen LogP contribution in [0.25, 0.3) is 0 Å². The fourth-order valence-electron chi connectivity index (χ4n) is 1.58. The highest BCUT2D eigenvalue weighted by atomic mass is 79.9. The zero-order chi connectivity index (χ0) is 10.4. The summed E-state index contributed by atoms with van der Waals surface area (Å²) in [6, 6.07) is 9.09. The van der Waals surface area contributed by atoms with Gasteiger partial charge in [-0.2, -0.15) is 0 Å². The summed E-state index contributed by atoms with van der Waals surface area (Å²) in [6.07, 6.45) is 3.54. The van der Waals surface area contributed by atoms with Gasteiger partial charge < -0.3 is 5.32 Å². The molecule has 1 rings (SSSR count). The first-order chi connectivity index (χ1) is 6.77. The maximum atomic E-state index is 3.57. The van der Waals surface area contributed by atoms with Gasteiger partial charge in [-0.3, -0.25) is 0 Å². The van der Waals surface area contributed by atoms with Crippen LogP contribution in [0.3, 0.4) is 0 Å². The SMILES string of the molecule is CCC(CCc1ccccc1Br)NC. The van der Waals surface area contributed by atoms with Gasteiger partial charge >= 0.3 is 0 Å². The summed E-state index contributed by atoms with van der Waals surface area (Å²) < 4.78 is 1.23. The molecule has 0 heterocycles. The molecule has 78 valence electrons. The lowest BCUT2D eigenvalue weighted by molar-refractivity contribution is 0.508. The molecule has 0 aliphatic carbocycles. The minimum Gasteiger partial charge on any atom is -0.317 e. The second kappa shape index (κ2) is 6.20. The number of nitrogens with one attached hydrogen (secondary N) is 1. The van der Waals surface area contributed by atoms with Crippen LogP contribution in [0, 0.1) is 0 Å². The van der Waals surface area contributed by atoms with Crippen LogP contribution in [-0.4, -0.2) is 13.1 Å². The van der Waals surface area contributed by atoms with Crippen LogP contribution in [0.4, 0.5) is 0 Å². The van der Waals surface area contributed by atoms with Crippen LogP contribution < -0.4 is 5.32 Å². The van der Waals surface area contributed by atoms with Gasteiger partial charge in [0.1, 0.15) is 0 Å². The van der Waals surface area contributed by atoms with Crippen molar-refractivity contribution in [1.82, 2.24) is 5.32 Å². The van der Waals surface area contributed by atoms with Crippen LogP contribution in [0.2, 0.25) is 0 Å². The van der Waals surface area contributed by atoms with Crippen molar-refractivity contribution in [2.45, 2.75) is 32.2 Å². The Balaban J connectivity index is 2.49. The summed E-state index contributed by atoms with van der Waals surface area (Å²) in [6.45, 7) is 2.22. The molecule has 0 aromatic heterocycles. The second-order valence-corrected chi connectivity index (χ2v) is 4.38. The van der Waals surface area contributed by atoms with Gasteiger partial charge in [-0.05, 0) is 37.9 Å². The number of benzene rings is 1. The fraction of sp³-hybridized carbons (Fsp3) is 0.500. The van der Waals surface area contributed by atoms with E-state index in [0.29, 0.717) is 6.04 Å². The summed E-state index contributed by atoms with van der Waals surface area (Å²) in [4.78, 5) is 0. The monoisotopic (exact) mass is 255 g/mol. The van der Waals surface area contributed by atoms with E-state index in [9.17, 15) is 0 Å². The van der Waals surface area contributed by atoms with E-state index in [1.165, 1.54) is 22.9 Å². The lowest BCUT2D eigenvalue weighted by Crippen LogP contribution is -2.24. The molecule has 1 N–H and O–H groups in total. The van der Waals surface area contributed by atoms with E-state index < -0.39 is 0 Å². The summed E-state index contributed by atoms with van der Waals surface area (Å²) in [7, 11) is 2.04. The Morgan fingerprint density at radius 1 is 1.36 bits per heavy atom. The third-order valence-electron chi connectivity index (χ3n) is 2.62. The molecule has 0 radical (unpaired) electrons. The molecule has 0 fully saturated rings. The van der Waals surface area contributed by atoms with Crippen LogP contribution >= 0.6 is 15.9 Å². The van der Waals surface area contributed by atoms with E-state index in [-0.39, 0.29) is 0 Å². The molecule has 0 aliphatic rings. The first kappa shape index (κ1) is 11.7. The standard InChI is InChI=1S/C12H18BrN/c1-3-11(14-2)9-8-10-6-4-5-7-12(10)13/h4-7,11,14H,3,8-9H2,1-2H3. The topological polar surface area (TPSA) is 12.0 Å². The van der Waals surface area contributed by atoms with Crippen LogP contribution in [-0.2, 0) is 6.42 Å². The molecule has 14 heavy (non-hydrogen) atoms. The summed E-state index contributed by atoms with van der Waals surface area (Å²) in [5.74, 6) is 0. The molecule has 1 nitrogen and oxygen atoms in total. The molecular weight excluding hydrogens is 238 g/mol. The number of aryl methyl sites for hydroxylation is 1. The van der Waals surface area contributed by atoms with Gasteiger partial charge in [0.05, 0.1) is 0 Å². The highest BCUT2D eigenvalue weighted by Gasteiger charge is 2.04. The normalized spacial score (nSPS) is 12.8. The lowest BCUT2D eigenvalue weighted by Gasteiger charge is -2.13. The van der Waals surface area contributed by atoms with Crippen molar-refractivity contribution >= 4 is 15.9 Å². The molecule has 1 unspecified atom stereocenters. The summed E-state index contributed by atoms with van der Waals surface area (Å²) in [5.41, 5.74) is 1.40. The third-order valence-corrected chi connectivity index (χ3v) is 3.39. The summed E-state index contributed by atoms with van der Waals surface area (Å²) >= 11 is 3.57. The van der Waals surface area contributed by atoms with E-state index in [1.807, 2.05) is 7.05 Å². The predicted molar refractivity (Wildman–Crippen MR) is 65.6 cm³/mol. The van der Waals surface area contributed by atoms with Crippen molar-refractivity contribution in [3.8, 4) is 0 Å². The Morgan fingerprint density at radius 2 is 2.07 bits per heavy atom. The highest BCUT2D eigenvalue weighted by Crippen LogP contribution is 2.18. The average molecular weight is 256 g/mol. The minimum absolute atomic E-state index is 0.641. The first-order valence-electron chi connectivity index (χ1n) is 5.18. The minimum atomic E-state index is 0.641. The van der Waals surface area contributed by atoms with Gasteiger partial charge in [0.2, 0.25) is 0 Å². The maximum Gasteiger partial charge on any atom is 0.0207 e. The number of hydrogen-bond acceptors (Lipinski definition) is 1. The van der Waals surface area contributed by atoms with Crippen LogP contribution in [0.5, 0.6) is 0 Å². The molecular formula is C12H18BrN. The number of rotatable bonds is 5. The van der Waals surface area contributed by atoms with E-state index in [0.717, 1.165) is 6.42 Å². The van der Waals surface area contributed by atoms with Gasteiger partial charge in [-0.15, -0.1) is 0 Å². The molecule has 1 aromatic rings. The van der Waals surface area contributed by atoms with Gasteiger partial charge in [-0.1, -0.05) is 41.1 Å². The molecule has 1 atom stereocenters. The van der Waals surface area contributed by atoms with Crippen LogP contribution in [0.15, 0.2) is 28.7 Å². The first-order valence-corrected chi connectivity index (χ1v) is 5.98. The van der Waals surface area contributed by atoms with E-state index >= 15 is 0 Å². The second-order valence-electron chi connectivity index (χ2n) is 3.52. The van der Waals surface area contributed by atoms with Crippen molar-refractivity contribution < 1.29 is 0 Å². The Hall–Kier alpha value is -0.340. The molecule has 2 heteroatoms. The van der Waals surface area contributed by atoms with E-state index in [1.54, 1.807) is 0 Å². The van der Waals surface area contributed by atoms with Crippen molar-refractivity contribution in [2.75, 3.05) is 7.05 Å². The molecule has 0 aliphatic heterocycles. The molecule has 1 aromatic carbocycles. The van der Waals surface area contributed by atoms with Crippen molar-refractivity contribution in [3.63, 3.8) is 0 Å². The van der Waals surface area contributed by atoms with E-state index in [2.05, 4.69) is 52.4 Å². The Bertz CT molecular complexity index is 269. The quantitative estimate of drug-likeness (QED) is 0.851. The summed E-state index contributed by atoms with van der Waals surface area (Å²) in [5, 5.41) is 3.33. The van der Waals surface area contributed by atoms with Gasteiger partial charge in [0.15, 0.2) is 0 Å². The Labute approximate surface area is 95.0 Å². The largest absolute Gasteiger partial charge is 0.317 e. The smallest absolute Gasteiger partial charge is 0.0207 e. The zero-order valence-corrected chi connectivity index (χ0v) is 10.5. The molecule has 0 saturated heterocycles. The van der Waals surface area contributed by atoms with Crippen molar-refractivity contribution in [3.05, 3.63) is 34.3 Å². The van der Waals surface area contributed by atoms with Gasteiger partial charge in [-0.25, -0.2) is 0 Å². The van der Waals surface area contributed by atoms with Crippen molar-refractivity contribution in [1.29, 1.82) is 0 Å². The van der Waals surface area contributed by atoms with Gasteiger partial charge in [0.25, 0.3) is 0 Å². The number of hydrogen-bond donors (Lipinski definition) is 1. The predicted octanol–water partition coefficient (Wildman–Crippen LogP) is 3.38. The van der Waals surface area contributed by atoms with Crippen molar-refractivity contribution in [2.24, 2.45) is 0 Å². The molecule has 0 spiro atoms. The van der Waals surface area contributed by atoms with Gasteiger partial charge in [0, 0.05) is 10.5 Å². The highest BCUT2D eigenvalue weighted by molar-refractivity contribution is 9.10. The third kappa shape index (κ3) is 3.43. The Morgan fingerprint density at radius 3 is 2.64 bits per heavy atom.